The van der Waals surface area contributed by atoms with Crippen molar-refractivity contribution in [1.29, 1.82) is 0 Å². The van der Waals surface area contributed by atoms with Gasteiger partial charge in [0.1, 0.15) is 17.9 Å². The number of benzene rings is 3. The third-order valence-electron chi connectivity index (χ3n) is 4.13. The minimum atomic E-state index is -4.76. The van der Waals surface area contributed by atoms with Crippen molar-refractivity contribution in [3.05, 3.63) is 88.9 Å². The van der Waals surface area contributed by atoms with E-state index in [4.69, 9.17) is 22.2 Å². The number of nitrogens with one attached hydrogen (secondary N) is 1. The molecule has 0 saturated carbocycles. The highest BCUT2D eigenvalue weighted by atomic mass is 35.5. The number of oxime groups is 1. The summed E-state index contributed by atoms with van der Waals surface area (Å²) in [5.74, 6) is -0.195. The Kier molecular flexibility index (Phi) is 8.41. The first-order valence-corrected chi connectivity index (χ1v) is 10.2. The van der Waals surface area contributed by atoms with Crippen molar-refractivity contribution in [3.63, 3.8) is 0 Å². The van der Waals surface area contributed by atoms with Crippen molar-refractivity contribution < 1.29 is 27.5 Å². The lowest BCUT2D eigenvalue weighted by molar-refractivity contribution is -0.274. The lowest BCUT2D eigenvalue weighted by atomic mass is 10.1. The number of nitrogens with two attached hydrogens (primary N) is 1. The van der Waals surface area contributed by atoms with Crippen molar-refractivity contribution in [2.45, 2.75) is 6.36 Å². The van der Waals surface area contributed by atoms with Crippen LogP contribution in [-0.4, -0.2) is 30.8 Å². The standard InChI is InChI=1S/C23H17ClF3N5O3/c24-19-3-1-2-4-20(19)32-22(33)35-31-13-15-5-7-16(8-6-15)21(28)30-14-29-17-9-11-18(12-10-17)34-23(25,26)27/h1-14H,(H,32,33)(H2,28,29,30)/b31-13+. The highest BCUT2D eigenvalue weighted by molar-refractivity contribution is 6.33. The van der Waals surface area contributed by atoms with Crippen LogP contribution >= 0.6 is 11.6 Å². The van der Waals surface area contributed by atoms with Crippen LogP contribution in [0.1, 0.15) is 11.1 Å². The zero-order valence-electron chi connectivity index (χ0n) is 17.7. The molecule has 3 N–H and O–H groups in total. The highest BCUT2D eigenvalue weighted by Gasteiger charge is 2.30. The van der Waals surface area contributed by atoms with E-state index in [1.807, 2.05) is 0 Å². The van der Waals surface area contributed by atoms with Gasteiger partial charge >= 0.3 is 12.5 Å². The van der Waals surface area contributed by atoms with Gasteiger partial charge in [-0.05, 0) is 42.0 Å². The zero-order chi connectivity index (χ0) is 25.3. The van der Waals surface area contributed by atoms with Gasteiger partial charge in [0.05, 0.1) is 22.6 Å². The lowest BCUT2D eigenvalue weighted by Crippen LogP contribution is -2.16. The molecule has 0 bridgehead atoms. The number of alkyl halides is 3. The number of halogens is 4. The van der Waals surface area contributed by atoms with E-state index in [0.717, 1.165) is 12.1 Å². The van der Waals surface area contributed by atoms with Crippen molar-refractivity contribution in [2.75, 3.05) is 5.32 Å². The predicted molar refractivity (Wildman–Crippen MR) is 128 cm³/mol. The van der Waals surface area contributed by atoms with Crippen molar-refractivity contribution in [2.24, 2.45) is 20.9 Å². The number of hydrogen-bond acceptors (Lipinski definition) is 5. The van der Waals surface area contributed by atoms with Crippen LogP contribution in [0.5, 0.6) is 5.75 Å². The maximum Gasteiger partial charge on any atom is 0.573 e. The number of para-hydroxylation sites is 1. The number of hydrogen-bond donors (Lipinski definition) is 2. The number of amides is 1. The molecule has 0 aliphatic carbocycles. The van der Waals surface area contributed by atoms with Crippen LogP contribution < -0.4 is 15.8 Å². The SMILES string of the molecule is NC(=NC=Nc1ccc(OC(F)(F)F)cc1)c1ccc(/C=N/OC(=O)Nc2ccccc2Cl)cc1. The molecule has 8 nitrogen and oxygen atoms in total. The molecule has 0 aliphatic heterocycles. The summed E-state index contributed by atoms with van der Waals surface area (Å²) in [6, 6.07) is 18.3. The summed E-state index contributed by atoms with van der Waals surface area (Å²) in [5.41, 5.74) is 7.89. The van der Waals surface area contributed by atoms with Gasteiger partial charge in [-0.3, -0.25) is 10.2 Å². The van der Waals surface area contributed by atoms with Crippen LogP contribution in [0.4, 0.5) is 29.3 Å². The smallest absolute Gasteiger partial charge is 0.406 e. The van der Waals surface area contributed by atoms with Crippen molar-refractivity contribution >= 4 is 47.5 Å². The van der Waals surface area contributed by atoms with Gasteiger partial charge in [0.15, 0.2) is 0 Å². The minimum absolute atomic E-state index is 0.157. The van der Waals surface area contributed by atoms with Gasteiger partial charge in [-0.25, -0.2) is 14.8 Å². The molecule has 0 atom stereocenters. The maximum atomic E-state index is 12.2. The highest BCUT2D eigenvalue weighted by Crippen LogP contribution is 2.24. The first-order valence-electron chi connectivity index (χ1n) is 9.77. The number of aliphatic imine (C=N–C) groups is 2. The van der Waals surface area contributed by atoms with Crippen LogP contribution in [-0.2, 0) is 4.84 Å². The van der Waals surface area contributed by atoms with Crippen LogP contribution in [0.3, 0.4) is 0 Å². The molecule has 12 heteroatoms. The van der Waals surface area contributed by atoms with Crippen LogP contribution in [0.2, 0.25) is 5.02 Å². The molecule has 0 aromatic heterocycles. The molecule has 0 fully saturated rings. The summed E-state index contributed by atoms with van der Waals surface area (Å²) in [7, 11) is 0. The van der Waals surface area contributed by atoms with Crippen LogP contribution in [0.25, 0.3) is 0 Å². The van der Waals surface area contributed by atoms with Gasteiger partial charge in [0.25, 0.3) is 0 Å². The summed E-state index contributed by atoms with van der Waals surface area (Å²) < 4.78 is 40.3. The van der Waals surface area contributed by atoms with Gasteiger partial charge in [-0.15, -0.1) is 13.2 Å². The molecule has 1 amide bonds. The fourth-order valence-corrected chi connectivity index (χ4v) is 2.72. The molecule has 35 heavy (non-hydrogen) atoms. The average molecular weight is 504 g/mol. The molecule has 0 heterocycles. The number of nitrogens with zero attached hydrogens (tertiary/aromatic N) is 3. The molecule has 0 unspecified atom stereocenters. The Morgan fingerprint density at radius 2 is 1.69 bits per heavy atom. The van der Waals surface area contributed by atoms with E-state index < -0.39 is 12.5 Å². The number of rotatable bonds is 7. The average Bonchev–Trinajstić information content (AvgIpc) is 2.81. The molecular weight excluding hydrogens is 487 g/mol. The maximum absolute atomic E-state index is 12.2. The minimum Gasteiger partial charge on any atom is -0.406 e. The van der Waals surface area contributed by atoms with E-state index in [-0.39, 0.29) is 11.6 Å². The fraction of sp³-hybridized carbons (Fsp3) is 0.0435. The van der Waals surface area contributed by atoms with Crippen molar-refractivity contribution in [3.8, 4) is 5.75 Å². The molecule has 180 valence electrons. The summed E-state index contributed by atoms with van der Waals surface area (Å²) in [6.07, 6.45) is -3.06. The van der Waals surface area contributed by atoms with Gasteiger partial charge in [0.2, 0.25) is 0 Å². The first kappa shape index (κ1) is 25.2. The van der Waals surface area contributed by atoms with E-state index in [1.54, 1.807) is 48.5 Å². The Morgan fingerprint density at radius 1 is 1.00 bits per heavy atom. The second kappa shape index (κ2) is 11.7. The predicted octanol–water partition coefficient (Wildman–Crippen LogP) is 5.89. The molecule has 0 aliphatic rings. The summed E-state index contributed by atoms with van der Waals surface area (Å²) in [5, 5.41) is 6.44. The Morgan fingerprint density at radius 3 is 2.34 bits per heavy atom. The molecule has 0 saturated heterocycles. The molecular formula is C23H17ClF3N5O3. The quantitative estimate of drug-likeness (QED) is 0.181. The third-order valence-corrected chi connectivity index (χ3v) is 4.46. The second-order valence-corrected chi connectivity index (χ2v) is 7.05. The van der Waals surface area contributed by atoms with E-state index in [1.165, 1.54) is 24.7 Å². The van der Waals surface area contributed by atoms with Crippen molar-refractivity contribution in [1.82, 2.24) is 0 Å². The Hall–Kier alpha value is -4.38. The van der Waals surface area contributed by atoms with Gasteiger partial charge in [-0.2, -0.15) is 0 Å². The molecule has 3 rings (SSSR count). The second-order valence-electron chi connectivity index (χ2n) is 6.64. The van der Waals surface area contributed by atoms with Gasteiger partial charge < -0.3 is 10.5 Å². The zero-order valence-corrected chi connectivity index (χ0v) is 18.5. The Balaban J connectivity index is 1.52. The molecule has 3 aromatic rings. The number of carbonyl (C=O) groups excluding carboxylic acids is 1. The van der Waals surface area contributed by atoms with Crippen LogP contribution in [0, 0.1) is 0 Å². The first-order chi connectivity index (χ1) is 16.7. The summed E-state index contributed by atoms with van der Waals surface area (Å²) in [4.78, 5) is 24.5. The fourth-order valence-electron chi connectivity index (χ4n) is 2.54. The number of ether oxygens (including phenoxy) is 1. The normalized spacial score (nSPS) is 12.2. The van der Waals surface area contributed by atoms with Gasteiger partial charge in [0, 0.05) is 5.56 Å². The number of anilines is 1. The summed E-state index contributed by atoms with van der Waals surface area (Å²) >= 11 is 5.95. The van der Waals surface area contributed by atoms with Gasteiger partial charge in [-0.1, -0.05) is 53.2 Å². The Bertz CT molecular complexity index is 1240. The van der Waals surface area contributed by atoms with E-state index in [0.29, 0.717) is 27.5 Å². The lowest BCUT2D eigenvalue weighted by Gasteiger charge is -2.08. The molecule has 0 radical (unpaired) electrons. The monoisotopic (exact) mass is 503 g/mol. The number of amidine groups is 1. The van der Waals surface area contributed by atoms with E-state index >= 15 is 0 Å². The molecule has 3 aromatic carbocycles. The van der Waals surface area contributed by atoms with E-state index in [9.17, 15) is 18.0 Å². The Labute approximate surface area is 202 Å². The number of carbonyl (C=O) groups is 1. The largest absolute Gasteiger partial charge is 0.573 e. The van der Waals surface area contributed by atoms with E-state index in [2.05, 4.69) is 25.2 Å². The van der Waals surface area contributed by atoms with Crippen LogP contribution in [0.15, 0.2) is 87.9 Å². The third kappa shape index (κ3) is 8.48. The topological polar surface area (TPSA) is 111 Å². The summed E-state index contributed by atoms with van der Waals surface area (Å²) in [6.45, 7) is 0. The molecule has 0 spiro atoms.